The highest BCUT2D eigenvalue weighted by molar-refractivity contribution is 6.04. The monoisotopic (exact) mass is 482 g/mol. The summed E-state index contributed by atoms with van der Waals surface area (Å²) >= 11 is 0. The average molecular weight is 482 g/mol. The minimum Gasteiger partial charge on any atom is -0.364 e. The number of nitrogens with zero attached hydrogens (tertiary/aromatic N) is 5. The van der Waals surface area contributed by atoms with Crippen molar-refractivity contribution in [2.75, 3.05) is 11.4 Å². The van der Waals surface area contributed by atoms with Gasteiger partial charge in [-0.05, 0) is 38.0 Å². The van der Waals surface area contributed by atoms with Gasteiger partial charge in [-0.2, -0.15) is 5.10 Å². The first-order valence-electron chi connectivity index (χ1n) is 11.4. The van der Waals surface area contributed by atoms with Crippen LogP contribution in [0.2, 0.25) is 0 Å². The van der Waals surface area contributed by atoms with Crippen LogP contribution in [0.3, 0.4) is 0 Å². The lowest BCUT2D eigenvalue weighted by atomic mass is 10.1. The molecule has 1 aromatic carbocycles. The Labute approximate surface area is 199 Å². The second-order valence-electron chi connectivity index (χ2n) is 9.00. The molecular weight excluding hydrogens is 458 g/mol. The lowest BCUT2D eigenvalue weighted by Gasteiger charge is -2.30. The van der Waals surface area contributed by atoms with Crippen molar-refractivity contribution in [3.63, 3.8) is 0 Å². The van der Waals surface area contributed by atoms with Gasteiger partial charge in [-0.25, -0.2) is 8.78 Å². The molecule has 1 aliphatic heterocycles. The van der Waals surface area contributed by atoms with Crippen LogP contribution in [0.4, 0.5) is 14.5 Å². The lowest BCUT2D eigenvalue weighted by Crippen LogP contribution is -2.49. The SMILES string of the molecule is Cc1cc2c(C(N)=O)nn(CC(=O)N3C[C@H](F)C[C@H]3C(=O)N(c3ccccc3F)C3CC3)c2cn1. The number of carbonyl (C=O) groups is 3. The Bertz CT molecular complexity index is 1340. The molecule has 5 rings (SSSR count). The van der Waals surface area contributed by atoms with Gasteiger partial charge < -0.3 is 15.5 Å². The number of aromatic nitrogens is 3. The number of para-hydroxylation sites is 1. The third-order valence-electron chi connectivity index (χ3n) is 6.41. The van der Waals surface area contributed by atoms with Crippen LogP contribution in [0, 0.1) is 12.7 Å². The Kier molecular flexibility index (Phi) is 5.70. The number of amides is 3. The molecule has 0 spiro atoms. The van der Waals surface area contributed by atoms with E-state index in [9.17, 15) is 23.2 Å². The van der Waals surface area contributed by atoms with Gasteiger partial charge in [0.05, 0.1) is 23.9 Å². The van der Waals surface area contributed by atoms with Crippen LogP contribution in [0.5, 0.6) is 0 Å². The Morgan fingerprint density at radius 2 is 1.97 bits per heavy atom. The Balaban J connectivity index is 1.44. The molecule has 3 amide bonds. The van der Waals surface area contributed by atoms with E-state index in [1.54, 1.807) is 19.1 Å². The van der Waals surface area contributed by atoms with Gasteiger partial charge in [-0.15, -0.1) is 0 Å². The summed E-state index contributed by atoms with van der Waals surface area (Å²) in [6.07, 6.45) is 1.34. The molecule has 1 saturated heterocycles. The summed E-state index contributed by atoms with van der Waals surface area (Å²) in [5.41, 5.74) is 6.63. The van der Waals surface area contributed by atoms with E-state index in [0.717, 1.165) is 0 Å². The molecule has 2 aliphatic rings. The summed E-state index contributed by atoms with van der Waals surface area (Å²) < 4.78 is 30.3. The highest BCUT2D eigenvalue weighted by Crippen LogP contribution is 2.36. The summed E-state index contributed by atoms with van der Waals surface area (Å²) in [5, 5.41) is 4.63. The third kappa shape index (κ3) is 4.22. The number of halogens is 2. The third-order valence-corrected chi connectivity index (χ3v) is 6.41. The van der Waals surface area contributed by atoms with E-state index in [1.165, 1.54) is 38.9 Å². The number of anilines is 1. The van der Waals surface area contributed by atoms with Gasteiger partial charge in [0, 0.05) is 23.5 Å². The van der Waals surface area contributed by atoms with Gasteiger partial charge in [0.25, 0.3) is 5.91 Å². The number of hydrogen-bond donors (Lipinski definition) is 1. The van der Waals surface area contributed by atoms with Crippen LogP contribution < -0.4 is 10.6 Å². The van der Waals surface area contributed by atoms with Crippen molar-refractivity contribution in [1.29, 1.82) is 0 Å². The summed E-state index contributed by atoms with van der Waals surface area (Å²) in [7, 11) is 0. The molecular formula is C24H24F2N6O3. The predicted octanol–water partition coefficient (Wildman–Crippen LogP) is 2.11. The molecule has 3 aromatic rings. The van der Waals surface area contributed by atoms with E-state index in [1.807, 2.05) is 0 Å². The zero-order valence-electron chi connectivity index (χ0n) is 19.0. The quantitative estimate of drug-likeness (QED) is 0.578. The van der Waals surface area contributed by atoms with E-state index < -0.39 is 35.8 Å². The van der Waals surface area contributed by atoms with Crippen molar-refractivity contribution in [2.45, 2.75) is 51.0 Å². The van der Waals surface area contributed by atoms with Crippen LogP contribution in [0.1, 0.15) is 35.4 Å². The number of aryl methyl sites for hydroxylation is 1. The van der Waals surface area contributed by atoms with Crippen molar-refractivity contribution < 1.29 is 23.2 Å². The molecule has 0 bridgehead atoms. The number of likely N-dealkylation sites (tertiary alicyclic amines) is 1. The smallest absolute Gasteiger partial charge is 0.269 e. The van der Waals surface area contributed by atoms with Crippen molar-refractivity contribution in [3.05, 3.63) is 53.7 Å². The van der Waals surface area contributed by atoms with Gasteiger partial charge in [-0.1, -0.05) is 12.1 Å². The fraction of sp³-hybridized carbons (Fsp3) is 0.375. The number of primary amides is 1. The van der Waals surface area contributed by atoms with Crippen LogP contribution in [-0.2, 0) is 16.1 Å². The second-order valence-corrected chi connectivity index (χ2v) is 9.00. The first kappa shape index (κ1) is 22.9. The van der Waals surface area contributed by atoms with E-state index in [4.69, 9.17) is 5.73 Å². The van der Waals surface area contributed by atoms with Crippen LogP contribution in [-0.4, -0.2) is 62.2 Å². The molecule has 1 aliphatic carbocycles. The molecule has 0 unspecified atom stereocenters. The molecule has 9 nitrogen and oxygen atoms in total. The standard InChI is InChI=1S/C24H24F2N6O3/c1-13-8-16-20(10-28-13)31(29-22(16)23(27)34)12-21(33)30-11-14(25)9-19(30)24(35)32(15-6-7-15)18-5-3-2-4-17(18)26/h2-5,8,10,14-15,19H,6-7,9,11-12H2,1H3,(H2,27,34)/t14-,19+/m1/s1. The largest absolute Gasteiger partial charge is 0.364 e. The van der Waals surface area contributed by atoms with Gasteiger partial charge in [0.15, 0.2) is 5.69 Å². The highest BCUT2D eigenvalue weighted by Gasteiger charge is 2.45. The molecule has 182 valence electrons. The number of nitrogens with two attached hydrogens (primary N) is 1. The maximum Gasteiger partial charge on any atom is 0.269 e. The minimum absolute atomic E-state index is 0.00447. The Morgan fingerprint density at radius 3 is 2.66 bits per heavy atom. The molecule has 0 radical (unpaired) electrons. The molecule has 2 aromatic heterocycles. The number of rotatable bonds is 6. The van der Waals surface area contributed by atoms with Crippen molar-refractivity contribution >= 4 is 34.3 Å². The van der Waals surface area contributed by atoms with E-state index in [0.29, 0.717) is 29.4 Å². The minimum atomic E-state index is -1.39. The van der Waals surface area contributed by atoms with Crippen LogP contribution in [0.15, 0.2) is 36.5 Å². The van der Waals surface area contributed by atoms with Gasteiger partial charge >= 0.3 is 0 Å². The normalized spacial score (nSPS) is 19.8. The van der Waals surface area contributed by atoms with Crippen LogP contribution >= 0.6 is 0 Å². The second kappa shape index (κ2) is 8.71. The summed E-state index contributed by atoms with van der Waals surface area (Å²) in [6.45, 7) is 1.15. The molecule has 1 saturated carbocycles. The number of hydrogen-bond acceptors (Lipinski definition) is 5. The summed E-state index contributed by atoms with van der Waals surface area (Å²) in [4.78, 5) is 45.4. The summed E-state index contributed by atoms with van der Waals surface area (Å²) in [5.74, 6) is -2.36. The molecule has 2 N–H and O–H groups in total. The predicted molar refractivity (Wildman–Crippen MR) is 123 cm³/mol. The van der Waals surface area contributed by atoms with Crippen molar-refractivity contribution in [3.8, 4) is 0 Å². The fourth-order valence-corrected chi connectivity index (χ4v) is 4.63. The zero-order valence-corrected chi connectivity index (χ0v) is 19.0. The van der Waals surface area contributed by atoms with E-state index in [2.05, 4.69) is 10.1 Å². The van der Waals surface area contributed by atoms with E-state index >= 15 is 0 Å². The maximum atomic E-state index is 14.5. The number of alkyl halides is 1. The first-order valence-corrected chi connectivity index (χ1v) is 11.4. The van der Waals surface area contributed by atoms with Gasteiger partial charge in [-0.3, -0.25) is 24.0 Å². The number of pyridine rings is 1. The molecule has 11 heteroatoms. The van der Waals surface area contributed by atoms with Crippen molar-refractivity contribution in [1.82, 2.24) is 19.7 Å². The number of fused-ring (bicyclic) bond motifs is 1. The van der Waals surface area contributed by atoms with Gasteiger partial charge in [0.1, 0.15) is 24.6 Å². The lowest BCUT2D eigenvalue weighted by molar-refractivity contribution is -0.138. The summed E-state index contributed by atoms with van der Waals surface area (Å²) in [6, 6.07) is 6.32. The number of carbonyl (C=O) groups excluding carboxylic acids is 3. The van der Waals surface area contributed by atoms with Crippen molar-refractivity contribution in [2.24, 2.45) is 5.73 Å². The fourth-order valence-electron chi connectivity index (χ4n) is 4.63. The Morgan fingerprint density at radius 1 is 1.23 bits per heavy atom. The number of benzene rings is 1. The highest BCUT2D eigenvalue weighted by atomic mass is 19.1. The first-order chi connectivity index (χ1) is 16.7. The topological polar surface area (TPSA) is 114 Å². The van der Waals surface area contributed by atoms with E-state index in [-0.39, 0.29) is 36.9 Å². The maximum absolute atomic E-state index is 14.5. The molecule has 2 fully saturated rings. The molecule has 35 heavy (non-hydrogen) atoms. The Hall–Kier alpha value is -3.89. The zero-order chi connectivity index (χ0) is 24.9. The molecule has 3 heterocycles. The van der Waals surface area contributed by atoms with Crippen LogP contribution in [0.25, 0.3) is 10.9 Å². The van der Waals surface area contributed by atoms with Gasteiger partial charge in [0.2, 0.25) is 11.8 Å². The molecule has 2 atom stereocenters. The average Bonchev–Trinajstić information content (AvgIpc) is 3.47.